The summed E-state index contributed by atoms with van der Waals surface area (Å²) in [6.07, 6.45) is 1.51. The highest BCUT2D eigenvalue weighted by molar-refractivity contribution is 6.03. The maximum atomic E-state index is 14.4. The molecule has 0 aromatic heterocycles. The molecule has 0 spiro atoms. The molecular formula is C40H48N4O7. The van der Waals surface area contributed by atoms with E-state index in [4.69, 9.17) is 0 Å². The predicted octanol–water partition coefficient (Wildman–Crippen LogP) is 3.97. The fourth-order valence-electron chi connectivity index (χ4n) is 7.37. The van der Waals surface area contributed by atoms with Gasteiger partial charge in [-0.2, -0.15) is 0 Å². The zero-order valence-electron chi connectivity index (χ0n) is 29.3. The van der Waals surface area contributed by atoms with E-state index in [1.54, 1.807) is 21.9 Å². The van der Waals surface area contributed by atoms with Crippen molar-refractivity contribution in [3.8, 4) is 0 Å². The molecule has 11 nitrogen and oxygen atoms in total. The normalized spacial score (nSPS) is 18.9. The summed E-state index contributed by atoms with van der Waals surface area (Å²) in [5, 5.41) is 24.9. The van der Waals surface area contributed by atoms with Gasteiger partial charge in [-0.15, -0.1) is 0 Å². The smallest absolute Gasteiger partial charge is 0.252 e. The van der Waals surface area contributed by atoms with Crippen LogP contribution in [0.4, 0.5) is 5.69 Å². The van der Waals surface area contributed by atoms with Crippen LogP contribution in [0.5, 0.6) is 0 Å². The Morgan fingerprint density at radius 3 is 2.08 bits per heavy atom. The number of hydrogen-bond acceptors (Lipinski definition) is 7. The standard InChI is InChI=1S/C40H48N4O7/c1-27(45)33(42-39(51)40(21-9-10-22-40)23-24-41-28(2)46)25-30-15-17-32(18-16-30)43-37(31-13-7-4-8-14-31)44(35(47)19-20-36(48)49)34(38(43)50)26-29-11-5-3-6-12-29/h3-8,11-18,33-34,36-37,48-49H,9-10,19-26H2,1-2H3,(H,41,46)(H,42,51). The number of benzene rings is 3. The number of ketones is 1. The Labute approximate surface area is 299 Å². The summed E-state index contributed by atoms with van der Waals surface area (Å²) < 4.78 is 0. The van der Waals surface area contributed by atoms with Crippen LogP contribution >= 0.6 is 0 Å². The Hall–Kier alpha value is -4.87. The Morgan fingerprint density at radius 2 is 1.49 bits per heavy atom. The van der Waals surface area contributed by atoms with E-state index in [1.807, 2.05) is 72.8 Å². The van der Waals surface area contributed by atoms with Crippen LogP contribution in [-0.4, -0.2) is 69.4 Å². The van der Waals surface area contributed by atoms with Gasteiger partial charge in [0.05, 0.1) is 11.5 Å². The second-order valence-electron chi connectivity index (χ2n) is 13.7. The van der Waals surface area contributed by atoms with Crippen molar-refractivity contribution in [1.29, 1.82) is 0 Å². The first-order valence-electron chi connectivity index (χ1n) is 17.7. The Kier molecular flexibility index (Phi) is 12.4. The largest absolute Gasteiger partial charge is 0.368 e. The molecule has 4 N–H and O–H groups in total. The van der Waals surface area contributed by atoms with Gasteiger partial charge in [-0.3, -0.25) is 28.9 Å². The zero-order chi connectivity index (χ0) is 36.5. The molecule has 3 atom stereocenters. The summed E-state index contributed by atoms with van der Waals surface area (Å²) in [6.45, 7) is 3.30. The molecule has 2 fully saturated rings. The van der Waals surface area contributed by atoms with Crippen LogP contribution in [0.15, 0.2) is 84.9 Å². The maximum absolute atomic E-state index is 14.4. The molecule has 270 valence electrons. The van der Waals surface area contributed by atoms with Gasteiger partial charge < -0.3 is 25.7 Å². The monoisotopic (exact) mass is 696 g/mol. The summed E-state index contributed by atoms with van der Waals surface area (Å²) in [4.78, 5) is 69.3. The summed E-state index contributed by atoms with van der Waals surface area (Å²) >= 11 is 0. The first kappa shape index (κ1) is 37.4. The molecule has 1 aliphatic heterocycles. The van der Waals surface area contributed by atoms with Crippen molar-refractivity contribution in [3.05, 3.63) is 102 Å². The van der Waals surface area contributed by atoms with Gasteiger partial charge in [0.1, 0.15) is 12.2 Å². The quantitative estimate of drug-likeness (QED) is 0.175. The van der Waals surface area contributed by atoms with Crippen molar-refractivity contribution in [2.75, 3.05) is 11.4 Å². The molecule has 3 aromatic rings. The summed E-state index contributed by atoms with van der Waals surface area (Å²) in [7, 11) is 0. The number of nitrogens with zero attached hydrogens (tertiary/aromatic N) is 2. The number of aliphatic hydroxyl groups excluding tert-OH is 1. The van der Waals surface area contributed by atoms with Gasteiger partial charge in [-0.1, -0.05) is 85.6 Å². The molecule has 1 saturated heterocycles. The molecule has 2 aliphatic rings. The lowest BCUT2D eigenvalue weighted by Gasteiger charge is -2.32. The van der Waals surface area contributed by atoms with E-state index in [2.05, 4.69) is 10.6 Å². The van der Waals surface area contributed by atoms with Crippen LogP contribution < -0.4 is 15.5 Å². The minimum atomic E-state index is -1.66. The number of anilines is 1. The van der Waals surface area contributed by atoms with Gasteiger partial charge in [0.15, 0.2) is 12.1 Å². The average molecular weight is 697 g/mol. The number of carbonyl (C=O) groups is 5. The van der Waals surface area contributed by atoms with Crippen molar-refractivity contribution in [2.45, 2.75) is 96.2 Å². The average Bonchev–Trinajstić information content (AvgIpc) is 3.71. The van der Waals surface area contributed by atoms with Crippen molar-refractivity contribution < 1.29 is 34.2 Å². The first-order valence-corrected chi connectivity index (χ1v) is 17.7. The van der Waals surface area contributed by atoms with E-state index < -0.39 is 30.0 Å². The second-order valence-corrected chi connectivity index (χ2v) is 13.7. The number of amides is 4. The molecule has 11 heteroatoms. The lowest BCUT2D eigenvalue weighted by Crippen LogP contribution is -2.49. The Morgan fingerprint density at radius 1 is 0.863 bits per heavy atom. The minimum absolute atomic E-state index is 0.146. The maximum Gasteiger partial charge on any atom is 0.252 e. The van der Waals surface area contributed by atoms with E-state index in [0.29, 0.717) is 31.5 Å². The van der Waals surface area contributed by atoms with E-state index in [0.717, 1.165) is 29.5 Å². The van der Waals surface area contributed by atoms with Crippen LogP contribution in [0.3, 0.4) is 0 Å². The lowest BCUT2D eigenvalue weighted by molar-refractivity contribution is -0.138. The Balaban J connectivity index is 1.41. The molecule has 0 bridgehead atoms. The van der Waals surface area contributed by atoms with E-state index in [1.165, 1.54) is 13.8 Å². The van der Waals surface area contributed by atoms with Crippen molar-refractivity contribution >= 4 is 35.1 Å². The minimum Gasteiger partial charge on any atom is -0.368 e. The molecule has 5 rings (SSSR count). The number of Topliss-reactive ketones (excluding diaryl/α,β-unsaturated/α-hetero) is 1. The fraction of sp³-hybridized carbons (Fsp3) is 0.425. The number of carbonyl (C=O) groups excluding carboxylic acids is 5. The van der Waals surface area contributed by atoms with Crippen LogP contribution in [0.2, 0.25) is 0 Å². The van der Waals surface area contributed by atoms with Gasteiger partial charge in [-0.05, 0) is 61.4 Å². The molecule has 3 unspecified atom stereocenters. The Bertz CT molecular complexity index is 1670. The van der Waals surface area contributed by atoms with E-state index in [9.17, 15) is 34.2 Å². The predicted molar refractivity (Wildman–Crippen MR) is 192 cm³/mol. The summed E-state index contributed by atoms with van der Waals surface area (Å²) in [6, 6.07) is 24.4. The molecule has 1 saturated carbocycles. The van der Waals surface area contributed by atoms with Crippen molar-refractivity contribution in [2.24, 2.45) is 5.41 Å². The zero-order valence-corrected chi connectivity index (χ0v) is 29.3. The van der Waals surface area contributed by atoms with E-state index >= 15 is 0 Å². The highest BCUT2D eigenvalue weighted by Crippen LogP contribution is 2.42. The van der Waals surface area contributed by atoms with Crippen LogP contribution in [-0.2, 0) is 36.8 Å². The van der Waals surface area contributed by atoms with Crippen molar-refractivity contribution in [1.82, 2.24) is 15.5 Å². The third kappa shape index (κ3) is 9.08. The van der Waals surface area contributed by atoms with Crippen molar-refractivity contribution in [3.63, 3.8) is 0 Å². The molecular weight excluding hydrogens is 648 g/mol. The van der Waals surface area contributed by atoms with E-state index in [-0.39, 0.29) is 55.1 Å². The third-order valence-electron chi connectivity index (χ3n) is 10.1. The molecule has 51 heavy (non-hydrogen) atoms. The number of nitrogens with one attached hydrogen (secondary N) is 2. The highest BCUT2D eigenvalue weighted by atomic mass is 16.5. The van der Waals surface area contributed by atoms with Gasteiger partial charge in [0, 0.05) is 38.4 Å². The van der Waals surface area contributed by atoms with Crippen LogP contribution in [0.1, 0.15) is 81.6 Å². The fourth-order valence-corrected chi connectivity index (χ4v) is 7.37. The van der Waals surface area contributed by atoms with Gasteiger partial charge in [-0.25, -0.2) is 0 Å². The summed E-state index contributed by atoms with van der Waals surface area (Å²) in [5.41, 5.74) is 2.32. The van der Waals surface area contributed by atoms with Gasteiger partial charge >= 0.3 is 0 Å². The molecule has 4 amide bonds. The third-order valence-corrected chi connectivity index (χ3v) is 10.1. The van der Waals surface area contributed by atoms with Crippen LogP contribution in [0, 0.1) is 5.41 Å². The first-order chi connectivity index (χ1) is 24.5. The van der Waals surface area contributed by atoms with Gasteiger partial charge in [0.2, 0.25) is 17.7 Å². The topological polar surface area (TPSA) is 156 Å². The second kappa shape index (κ2) is 16.9. The number of rotatable bonds is 15. The lowest BCUT2D eigenvalue weighted by atomic mass is 9.81. The molecule has 1 aliphatic carbocycles. The molecule has 3 aromatic carbocycles. The highest BCUT2D eigenvalue weighted by Gasteiger charge is 2.49. The van der Waals surface area contributed by atoms with Crippen LogP contribution in [0.25, 0.3) is 0 Å². The van der Waals surface area contributed by atoms with Gasteiger partial charge in [0.25, 0.3) is 5.91 Å². The molecule has 1 heterocycles. The molecule has 0 radical (unpaired) electrons. The summed E-state index contributed by atoms with van der Waals surface area (Å²) in [5.74, 6) is -1.13. The number of aliphatic hydroxyl groups is 2. The number of hydrogen-bond donors (Lipinski definition) is 4. The SMILES string of the molecule is CC(=O)NCCC1(C(=O)NC(Cc2ccc(N3C(=O)C(Cc4ccccc4)N(C(=O)CCC(O)O)C3c3ccccc3)cc2)C(C)=O)CCCC1.